The summed E-state index contributed by atoms with van der Waals surface area (Å²) in [6, 6.07) is 8.05. The molecule has 2 aromatic rings. The molecule has 3 rings (SSSR count). The van der Waals surface area contributed by atoms with Crippen molar-refractivity contribution in [3.8, 4) is 17.6 Å². The van der Waals surface area contributed by atoms with Crippen LogP contribution in [0.25, 0.3) is 10.8 Å². The average Bonchev–Trinajstić information content (AvgIpc) is 2.50. The SMILES string of the molecule is CN(CCC#N)c1nccc2cc3c(cc12)OCCO3. The second-order valence-corrected chi connectivity index (χ2v) is 4.68. The number of rotatable bonds is 3. The molecule has 20 heavy (non-hydrogen) atoms. The lowest BCUT2D eigenvalue weighted by Crippen LogP contribution is -2.20. The first-order valence-corrected chi connectivity index (χ1v) is 6.56. The van der Waals surface area contributed by atoms with Crippen LogP contribution in [0.4, 0.5) is 5.82 Å². The van der Waals surface area contributed by atoms with E-state index in [0.717, 1.165) is 28.1 Å². The fourth-order valence-electron chi connectivity index (χ4n) is 2.32. The highest BCUT2D eigenvalue weighted by Crippen LogP contribution is 2.37. The van der Waals surface area contributed by atoms with Gasteiger partial charge in [-0.05, 0) is 23.6 Å². The summed E-state index contributed by atoms with van der Waals surface area (Å²) in [6.07, 6.45) is 2.25. The molecule has 0 saturated heterocycles. The van der Waals surface area contributed by atoms with Gasteiger partial charge in [-0.25, -0.2) is 4.98 Å². The molecule has 0 atom stereocenters. The number of hydrogen-bond acceptors (Lipinski definition) is 5. The highest BCUT2D eigenvalue weighted by Gasteiger charge is 2.15. The highest BCUT2D eigenvalue weighted by molar-refractivity contribution is 5.94. The third kappa shape index (κ3) is 2.21. The standard InChI is InChI=1S/C15H15N3O2/c1-18(6-2-4-16)15-12-10-14-13(19-7-8-20-14)9-11(12)3-5-17-15/h3,5,9-10H,2,6-8H2,1H3. The molecule has 5 nitrogen and oxygen atoms in total. The maximum Gasteiger partial charge on any atom is 0.162 e. The van der Waals surface area contributed by atoms with Crippen LogP contribution in [0.5, 0.6) is 11.5 Å². The maximum absolute atomic E-state index is 8.70. The fraction of sp³-hybridized carbons (Fsp3) is 0.333. The monoisotopic (exact) mass is 269 g/mol. The average molecular weight is 269 g/mol. The molecule has 0 aliphatic carbocycles. The Morgan fingerprint density at radius 1 is 1.30 bits per heavy atom. The largest absolute Gasteiger partial charge is 0.486 e. The van der Waals surface area contributed by atoms with Crippen LogP contribution in [0.2, 0.25) is 0 Å². The minimum absolute atomic E-state index is 0.471. The van der Waals surface area contributed by atoms with Gasteiger partial charge in [0.05, 0.1) is 12.5 Å². The summed E-state index contributed by atoms with van der Waals surface area (Å²) in [7, 11) is 1.94. The van der Waals surface area contributed by atoms with Gasteiger partial charge in [-0.1, -0.05) is 0 Å². The van der Waals surface area contributed by atoms with E-state index in [4.69, 9.17) is 14.7 Å². The summed E-state index contributed by atoms with van der Waals surface area (Å²) in [4.78, 5) is 6.42. The molecule has 1 aliphatic heterocycles. The molecule has 0 amide bonds. The molecule has 1 aromatic carbocycles. The zero-order valence-electron chi connectivity index (χ0n) is 11.3. The zero-order valence-corrected chi connectivity index (χ0v) is 11.3. The number of nitrogens with zero attached hydrogens (tertiary/aromatic N) is 3. The topological polar surface area (TPSA) is 58.4 Å². The molecule has 102 valence electrons. The van der Waals surface area contributed by atoms with Crippen molar-refractivity contribution in [3.63, 3.8) is 0 Å². The molecular weight excluding hydrogens is 254 g/mol. The Balaban J connectivity index is 2.07. The Bertz CT molecular complexity index is 679. The number of hydrogen-bond donors (Lipinski definition) is 0. The molecule has 0 unspecified atom stereocenters. The highest BCUT2D eigenvalue weighted by atomic mass is 16.6. The number of anilines is 1. The van der Waals surface area contributed by atoms with Crippen molar-refractivity contribution in [3.05, 3.63) is 24.4 Å². The molecule has 0 radical (unpaired) electrons. The van der Waals surface area contributed by atoms with E-state index in [1.807, 2.05) is 30.1 Å². The van der Waals surface area contributed by atoms with E-state index in [-0.39, 0.29) is 0 Å². The van der Waals surface area contributed by atoms with Crippen LogP contribution in [0.15, 0.2) is 24.4 Å². The first-order chi connectivity index (χ1) is 9.79. The van der Waals surface area contributed by atoms with Crippen LogP contribution in [0, 0.1) is 11.3 Å². The van der Waals surface area contributed by atoms with Crippen LogP contribution in [-0.4, -0.2) is 31.8 Å². The molecule has 0 saturated carbocycles. The summed E-state index contributed by atoms with van der Waals surface area (Å²) in [5.74, 6) is 2.39. The number of benzene rings is 1. The normalized spacial score (nSPS) is 13.0. The second kappa shape index (κ2) is 5.25. The van der Waals surface area contributed by atoms with E-state index in [2.05, 4.69) is 11.1 Å². The number of nitriles is 1. The molecule has 0 N–H and O–H groups in total. The second-order valence-electron chi connectivity index (χ2n) is 4.68. The van der Waals surface area contributed by atoms with Crippen molar-refractivity contribution >= 4 is 16.6 Å². The van der Waals surface area contributed by atoms with Gasteiger partial charge in [-0.3, -0.25) is 0 Å². The minimum Gasteiger partial charge on any atom is -0.486 e. The van der Waals surface area contributed by atoms with Crippen molar-refractivity contribution < 1.29 is 9.47 Å². The van der Waals surface area contributed by atoms with Crippen molar-refractivity contribution in [1.82, 2.24) is 4.98 Å². The molecule has 1 aromatic heterocycles. The number of aromatic nitrogens is 1. The Morgan fingerprint density at radius 3 is 2.80 bits per heavy atom. The van der Waals surface area contributed by atoms with E-state index in [9.17, 15) is 0 Å². The quantitative estimate of drug-likeness (QED) is 0.856. The van der Waals surface area contributed by atoms with Gasteiger partial charge in [0.25, 0.3) is 0 Å². The predicted molar refractivity (Wildman–Crippen MR) is 76.2 cm³/mol. The van der Waals surface area contributed by atoms with Crippen LogP contribution < -0.4 is 14.4 Å². The summed E-state index contributed by atoms with van der Waals surface area (Å²) >= 11 is 0. The lowest BCUT2D eigenvalue weighted by Gasteiger charge is -2.22. The van der Waals surface area contributed by atoms with Crippen molar-refractivity contribution in [2.75, 3.05) is 31.7 Å². The molecule has 0 bridgehead atoms. The van der Waals surface area contributed by atoms with Crippen molar-refractivity contribution in [2.45, 2.75) is 6.42 Å². The number of pyridine rings is 1. The Hall–Kier alpha value is -2.48. The van der Waals surface area contributed by atoms with Crippen molar-refractivity contribution in [1.29, 1.82) is 5.26 Å². The molecule has 5 heteroatoms. The first kappa shape index (κ1) is 12.5. The smallest absolute Gasteiger partial charge is 0.162 e. The first-order valence-electron chi connectivity index (χ1n) is 6.56. The summed E-state index contributed by atoms with van der Waals surface area (Å²) < 4.78 is 11.2. The van der Waals surface area contributed by atoms with Gasteiger partial charge in [-0.2, -0.15) is 5.26 Å². The third-order valence-electron chi connectivity index (χ3n) is 3.33. The van der Waals surface area contributed by atoms with Gasteiger partial charge in [0.15, 0.2) is 11.5 Å². The minimum atomic E-state index is 0.471. The molecule has 0 spiro atoms. The third-order valence-corrected chi connectivity index (χ3v) is 3.33. The Morgan fingerprint density at radius 2 is 2.05 bits per heavy atom. The van der Waals surface area contributed by atoms with Crippen LogP contribution in [-0.2, 0) is 0 Å². The van der Waals surface area contributed by atoms with Gasteiger partial charge in [-0.15, -0.1) is 0 Å². The Kier molecular flexibility index (Phi) is 3.30. The predicted octanol–water partition coefficient (Wildman–Crippen LogP) is 2.36. The van der Waals surface area contributed by atoms with Crippen LogP contribution >= 0.6 is 0 Å². The van der Waals surface area contributed by atoms with Gasteiger partial charge in [0, 0.05) is 25.2 Å². The van der Waals surface area contributed by atoms with Crippen molar-refractivity contribution in [2.24, 2.45) is 0 Å². The molecule has 0 fully saturated rings. The summed E-state index contributed by atoms with van der Waals surface area (Å²) in [5, 5.41) is 10.8. The van der Waals surface area contributed by atoms with Crippen LogP contribution in [0.1, 0.15) is 6.42 Å². The zero-order chi connectivity index (χ0) is 13.9. The maximum atomic E-state index is 8.70. The number of fused-ring (bicyclic) bond motifs is 2. The molecule has 2 heterocycles. The van der Waals surface area contributed by atoms with Gasteiger partial charge in [0.2, 0.25) is 0 Å². The number of ether oxygens (including phenoxy) is 2. The van der Waals surface area contributed by atoms with E-state index < -0.39 is 0 Å². The van der Waals surface area contributed by atoms with E-state index in [0.29, 0.717) is 26.2 Å². The van der Waals surface area contributed by atoms with E-state index in [1.54, 1.807) is 6.20 Å². The van der Waals surface area contributed by atoms with E-state index in [1.165, 1.54) is 0 Å². The molecular formula is C15H15N3O2. The molecule has 1 aliphatic rings. The fourth-order valence-corrected chi connectivity index (χ4v) is 2.32. The van der Waals surface area contributed by atoms with Gasteiger partial charge >= 0.3 is 0 Å². The van der Waals surface area contributed by atoms with Gasteiger partial charge < -0.3 is 14.4 Å². The van der Waals surface area contributed by atoms with Crippen LogP contribution in [0.3, 0.4) is 0 Å². The van der Waals surface area contributed by atoms with E-state index >= 15 is 0 Å². The lowest BCUT2D eigenvalue weighted by molar-refractivity contribution is 0.172. The summed E-state index contributed by atoms with van der Waals surface area (Å²) in [6.45, 7) is 1.80. The summed E-state index contributed by atoms with van der Waals surface area (Å²) in [5.41, 5.74) is 0. The van der Waals surface area contributed by atoms with Gasteiger partial charge in [0.1, 0.15) is 19.0 Å². The Labute approximate surface area is 117 Å². The lowest BCUT2D eigenvalue weighted by atomic mass is 10.1.